The lowest BCUT2D eigenvalue weighted by Gasteiger charge is -2.11. The first-order chi connectivity index (χ1) is 11.1. The van der Waals surface area contributed by atoms with E-state index >= 15 is 0 Å². The van der Waals surface area contributed by atoms with Gasteiger partial charge in [-0.2, -0.15) is 0 Å². The Kier molecular flexibility index (Phi) is 4.38. The first-order valence-corrected chi connectivity index (χ1v) is 8.03. The van der Waals surface area contributed by atoms with Crippen molar-refractivity contribution in [3.05, 3.63) is 30.3 Å². The summed E-state index contributed by atoms with van der Waals surface area (Å²) in [6.07, 6.45) is 0.333. The van der Waals surface area contributed by atoms with E-state index in [1.165, 1.54) is 23.6 Å². The second-order valence-corrected chi connectivity index (χ2v) is 6.70. The Balaban J connectivity index is 1.79. The highest BCUT2D eigenvalue weighted by molar-refractivity contribution is 8.14. The van der Waals surface area contributed by atoms with Crippen molar-refractivity contribution < 1.29 is 18.8 Å². The van der Waals surface area contributed by atoms with E-state index in [4.69, 9.17) is 9.26 Å². The average molecular weight is 332 g/mol. The molecule has 2 aromatic rings. The fourth-order valence-electron chi connectivity index (χ4n) is 2.51. The number of amides is 1. The van der Waals surface area contributed by atoms with Crippen LogP contribution in [0, 0.1) is 0 Å². The van der Waals surface area contributed by atoms with Gasteiger partial charge in [-0.25, -0.2) is 0 Å². The number of ether oxygens (including phenoxy) is 1. The second-order valence-electron chi connectivity index (χ2n) is 5.22. The van der Waals surface area contributed by atoms with E-state index in [0.717, 1.165) is 11.3 Å². The molecule has 6 nitrogen and oxygen atoms in total. The highest BCUT2D eigenvalue weighted by atomic mass is 32.2. The minimum Gasteiger partial charge on any atom is -0.497 e. The van der Waals surface area contributed by atoms with Gasteiger partial charge < -0.3 is 9.26 Å². The molecule has 0 saturated carbocycles. The highest BCUT2D eigenvalue weighted by Crippen LogP contribution is 2.31. The Labute approximate surface area is 137 Å². The van der Waals surface area contributed by atoms with Gasteiger partial charge in [-0.1, -0.05) is 29.1 Å². The van der Waals surface area contributed by atoms with Gasteiger partial charge in [-0.15, -0.1) is 0 Å². The molecular weight excluding hydrogens is 316 g/mol. The number of benzene rings is 1. The Morgan fingerprint density at radius 1 is 1.43 bits per heavy atom. The van der Waals surface area contributed by atoms with Crippen molar-refractivity contribution in [2.24, 2.45) is 0 Å². The molecule has 2 heterocycles. The van der Waals surface area contributed by atoms with Crippen molar-refractivity contribution in [2.45, 2.75) is 18.6 Å². The van der Waals surface area contributed by atoms with Gasteiger partial charge in [0.05, 0.1) is 7.11 Å². The first kappa shape index (κ1) is 15.6. The number of rotatable bonds is 4. The van der Waals surface area contributed by atoms with Crippen molar-refractivity contribution in [1.82, 2.24) is 5.16 Å². The molecule has 1 aliphatic heterocycles. The Bertz CT molecular complexity index is 743. The van der Waals surface area contributed by atoms with Gasteiger partial charge in [0.15, 0.2) is 5.12 Å². The summed E-state index contributed by atoms with van der Waals surface area (Å²) in [4.78, 5) is 24.8. The van der Waals surface area contributed by atoms with E-state index in [-0.39, 0.29) is 16.3 Å². The molecule has 0 bridgehead atoms. The zero-order valence-electron chi connectivity index (χ0n) is 12.8. The molecule has 1 amide bonds. The molecular formula is C16H16N2O4S. The standard InChI is InChI=1S/C16H16N2O4S/c1-10(19)23-13-7-15(20)18(9-13)16-8-14(17-22-16)11-4-3-5-12(6-11)21-2/h3-6,8,13H,7,9H2,1-2H3. The number of methoxy groups -OCH3 is 1. The molecule has 120 valence electrons. The SMILES string of the molecule is COc1cccc(-c2cc(N3CC(SC(C)=O)CC3=O)on2)c1. The molecule has 7 heteroatoms. The monoisotopic (exact) mass is 332 g/mol. The number of hydrogen-bond donors (Lipinski definition) is 0. The maximum atomic E-state index is 12.1. The zero-order chi connectivity index (χ0) is 16.4. The van der Waals surface area contributed by atoms with Crippen LogP contribution < -0.4 is 9.64 Å². The van der Waals surface area contributed by atoms with Crippen molar-refractivity contribution >= 4 is 28.7 Å². The Hall–Kier alpha value is -2.28. The third kappa shape index (κ3) is 3.39. The summed E-state index contributed by atoms with van der Waals surface area (Å²) < 4.78 is 10.5. The van der Waals surface area contributed by atoms with Gasteiger partial charge in [0, 0.05) is 36.8 Å². The lowest BCUT2D eigenvalue weighted by molar-refractivity contribution is -0.117. The van der Waals surface area contributed by atoms with E-state index in [1.54, 1.807) is 13.2 Å². The van der Waals surface area contributed by atoms with Crippen LogP contribution in [0.2, 0.25) is 0 Å². The van der Waals surface area contributed by atoms with Crippen LogP contribution in [-0.2, 0) is 9.59 Å². The lowest BCUT2D eigenvalue weighted by Crippen LogP contribution is -2.24. The molecule has 1 unspecified atom stereocenters. The van der Waals surface area contributed by atoms with Crippen LogP contribution in [0.1, 0.15) is 13.3 Å². The van der Waals surface area contributed by atoms with Gasteiger partial charge in [-0.05, 0) is 12.1 Å². The average Bonchev–Trinajstić information content (AvgIpc) is 3.13. The molecule has 23 heavy (non-hydrogen) atoms. The Morgan fingerprint density at radius 2 is 2.26 bits per heavy atom. The molecule has 0 N–H and O–H groups in total. The van der Waals surface area contributed by atoms with Crippen LogP contribution in [0.25, 0.3) is 11.3 Å². The summed E-state index contributed by atoms with van der Waals surface area (Å²) in [5.41, 5.74) is 1.48. The van der Waals surface area contributed by atoms with Crippen LogP contribution in [0.15, 0.2) is 34.9 Å². The molecule has 1 aliphatic rings. The topological polar surface area (TPSA) is 72.6 Å². The lowest BCUT2D eigenvalue weighted by atomic mass is 10.1. The predicted molar refractivity (Wildman–Crippen MR) is 87.5 cm³/mol. The van der Waals surface area contributed by atoms with Crippen LogP contribution in [0.3, 0.4) is 0 Å². The summed E-state index contributed by atoms with van der Waals surface area (Å²) in [5, 5.41) is 4.01. The molecule has 0 aliphatic carbocycles. The second kappa shape index (κ2) is 6.45. The number of hydrogen-bond acceptors (Lipinski definition) is 6. The molecule has 1 saturated heterocycles. The first-order valence-electron chi connectivity index (χ1n) is 7.15. The summed E-state index contributed by atoms with van der Waals surface area (Å²) in [6, 6.07) is 9.18. The zero-order valence-corrected chi connectivity index (χ0v) is 13.6. The number of thioether (sulfide) groups is 1. The van der Waals surface area contributed by atoms with Crippen LogP contribution in [-0.4, -0.2) is 35.1 Å². The normalized spacial score (nSPS) is 17.6. The number of carbonyl (C=O) groups excluding carboxylic acids is 2. The van der Waals surface area contributed by atoms with Crippen LogP contribution in [0.4, 0.5) is 5.88 Å². The van der Waals surface area contributed by atoms with Gasteiger partial charge in [0.2, 0.25) is 11.8 Å². The minimum absolute atomic E-state index is 0.0132. The number of nitrogens with zero attached hydrogens (tertiary/aromatic N) is 2. The van der Waals surface area contributed by atoms with Gasteiger partial charge in [-0.3, -0.25) is 14.5 Å². The van der Waals surface area contributed by atoms with Crippen molar-refractivity contribution in [3.8, 4) is 17.0 Å². The number of carbonyl (C=O) groups is 2. The molecule has 1 aromatic carbocycles. The van der Waals surface area contributed by atoms with E-state index in [9.17, 15) is 9.59 Å². The largest absolute Gasteiger partial charge is 0.497 e. The van der Waals surface area contributed by atoms with E-state index < -0.39 is 0 Å². The van der Waals surface area contributed by atoms with Gasteiger partial charge in [0.1, 0.15) is 11.4 Å². The number of aromatic nitrogens is 1. The van der Waals surface area contributed by atoms with Crippen LogP contribution in [0.5, 0.6) is 5.75 Å². The molecule has 1 fully saturated rings. The third-order valence-electron chi connectivity index (χ3n) is 3.55. The van der Waals surface area contributed by atoms with Crippen LogP contribution >= 0.6 is 11.8 Å². The maximum Gasteiger partial charge on any atom is 0.234 e. The summed E-state index contributed by atoms with van der Waals surface area (Å²) in [6.45, 7) is 1.96. The molecule has 0 spiro atoms. The van der Waals surface area contributed by atoms with Crippen molar-refractivity contribution in [2.75, 3.05) is 18.6 Å². The fraction of sp³-hybridized carbons (Fsp3) is 0.312. The Morgan fingerprint density at radius 3 is 3.00 bits per heavy atom. The minimum atomic E-state index is -0.0582. The molecule has 0 radical (unpaired) electrons. The number of anilines is 1. The quantitative estimate of drug-likeness (QED) is 0.857. The summed E-state index contributed by atoms with van der Waals surface area (Å²) >= 11 is 1.19. The molecule has 1 atom stereocenters. The summed E-state index contributed by atoms with van der Waals surface area (Å²) in [5.74, 6) is 1.07. The summed E-state index contributed by atoms with van der Waals surface area (Å²) in [7, 11) is 1.60. The third-order valence-corrected chi connectivity index (χ3v) is 4.53. The fourth-order valence-corrected chi connectivity index (χ4v) is 3.43. The van der Waals surface area contributed by atoms with E-state index in [2.05, 4.69) is 5.16 Å². The highest BCUT2D eigenvalue weighted by Gasteiger charge is 2.34. The van der Waals surface area contributed by atoms with Crippen molar-refractivity contribution in [1.29, 1.82) is 0 Å². The molecule has 1 aromatic heterocycles. The maximum absolute atomic E-state index is 12.1. The van der Waals surface area contributed by atoms with E-state index in [1.807, 2.05) is 24.3 Å². The predicted octanol–water partition coefficient (Wildman–Crippen LogP) is 2.74. The van der Waals surface area contributed by atoms with Gasteiger partial charge >= 0.3 is 0 Å². The molecule has 3 rings (SSSR count). The van der Waals surface area contributed by atoms with E-state index in [0.29, 0.717) is 24.5 Å². The van der Waals surface area contributed by atoms with Gasteiger partial charge in [0.25, 0.3) is 0 Å². The smallest absolute Gasteiger partial charge is 0.234 e. The van der Waals surface area contributed by atoms with Crippen molar-refractivity contribution in [3.63, 3.8) is 0 Å².